The number of rotatable bonds is 6. The molecule has 0 aromatic heterocycles. The number of carbonyl (C=O) groups is 1. The summed E-state index contributed by atoms with van der Waals surface area (Å²) in [6, 6.07) is 14.3. The standard InChI is InChI=1S/C27H32N2O3S/c1-16-10-17(2)12-24(11-16)29-33(31,32)26-15-23(9-8-18(26)3)27(30)28-22(7)25-14-20(5)19(4)13-21(25)6/h8-15,22,29H,1-7H3,(H,28,30). The van der Waals surface area contributed by atoms with Crippen LogP contribution in [0.3, 0.4) is 0 Å². The van der Waals surface area contributed by atoms with Crippen molar-refractivity contribution in [3.8, 4) is 0 Å². The van der Waals surface area contributed by atoms with Gasteiger partial charge in [0, 0.05) is 11.3 Å². The summed E-state index contributed by atoms with van der Waals surface area (Å²) in [5, 5.41) is 3.01. The summed E-state index contributed by atoms with van der Waals surface area (Å²) < 4.78 is 28.9. The highest BCUT2D eigenvalue weighted by molar-refractivity contribution is 7.92. The van der Waals surface area contributed by atoms with E-state index >= 15 is 0 Å². The van der Waals surface area contributed by atoms with Crippen molar-refractivity contribution < 1.29 is 13.2 Å². The molecule has 0 heterocycles. The third-order valence-corrected chi connectivity index (χ3v) is 7.43. The number of aryl methyl sites for hydroxylation is 6. The van der Waals surface area contributed by atoms with Crippen LogP contribution in [0.2, 0.25) is 0 Å². The van der Waals surface area contributed by atoms with Gasteiger partial charge in [0.05, 0.1) is 10.9 Å². The molecule has 0 aliphatic rings. The molecule has 0 bridgehead atoms. The molecule has 1 atom stereocenters. The van der Waals surface area contributed by atoms with Gasteiger partial charge in [0.25, 0.3) is 15.9 Å². The molecule has 3 rings (SSSR count). The number of benzene rings is 3. The number of carbonyl (C=O) groups excluding carboxylic acids is 1. The molecular formula is C27H32N2O3S. The largest absolute Gasteiger partial charge is 0.346 e. The molecule has 2 N–H and O–H groups in total. The highest BCUT2D eigenvalue weighted by Crippen LogP contribution is 2.24. The Balaban J connectivity index is 1.87. The maximum atomic E-state index is 13.1. The zero-order chi connectivity index (χ0) is 24.5. The second-order valence-corrected chi connectivity index (χ2v) is 10.6. The lowest BCUT2D eigenvalue weighted by Gasteiger charge is -2.19. The molecule has 0 spiro atoms. The van der Waals surface area contributed by atoms with Gasteiger partial charge >= 0.3 is 0 Å². The molecule has 0 radical (unpaired) electrons. The van der Waals surface area contributed by atoms with Crippen LogP contribution in [0.1, 0.15) is 62.3 Å². The number of amides is 1. The van der Waals surface area contributed by atoms with Crippen molar-refractivity contribution in [2.24, 2.45) is 0 Å². The number of sulfonamides is 1. The fraction of sp³-hybridized carbons (Fsp3) is 0.296. The summed E-state index contributed by atoms with van der Waals surface area (Å²) in [6.07, 6.45) is 0. The Hall–Kier alpha value is -3.12. The maximum absolute atomic E-state index is 13.1. The van der Waals surface area contributed by atoms with E-state index in [0.29, 0.717) is 16.8 Å². The van der Waals surface area contributed by atoms with Gasteiger partial charge in [-0.2, -0.15) is 0 Å². The number of hydrogen-bond acceptors (Lipinski definition) is 3. The molecule has 0 fully saturated rings. The molecule has 0 saturated carbocycles. The van der Waals surface area contributed by atoms with Gasteiger partial charge in [-0.05, 0) is 112 Å². The van der Waals surface area contributed by atoms with Crippen molar-refractivity contribution >= 4 is 21.6 Å². The van der Waals surface area contributed by atoms with Crippen molar-refractivity contribution in [3.05, 3.63) is 93.0 Å². The Morgan fingerprint density at radius 1 is 0.758 bits per heavy atom. The van der Waals surface area contributed by atoms with Crippen LogP contribution in [-0.4, -0.2) is 14.3 Å². The summed E-state index contributed by atoms with van der Waals surface area (Å²) in [5.74, 6) is -0.317. The van der Waals surface area contributed by atoms with Crippen LogP contribution in [0.25, 0.3) is 0 Å². The first kappa shape index (κ1) is 24.5. The molecule has 0 aliphatic heterocycles. The monoisotopic (exact) mass is 464 g/mol. The van der Waals surface area contributed by atoms with Gasteiger partial charge in [0.1, 0.15) is 0 Å². The first-order chi connectivity index (χ1) is 15.4. The fourth-order valence-corrected chi connectivity index (χ4v) is 5.39. The average molecular weight is 465 g/mol. The van der Waals surface area contributed by atoms with E-state index in [1.54, 1.807) is 31.2 Å². The van der Waals surface area contributed by atoms with Gasteiger partial charge in [-0.3, -0.25) is 9.52 Å². The van der Waals surface area contributed by atoms with Gasteiger partial charge in [0.2, 0.25) is 0 Å². The lowest BCUT2D eigenvalue weighted by molar-refractivity contribution is 0.0939. The predicted octanol–water partition coefficient (Wildman–Crippen LogP) is 5.83. The zero-order valence-corrected chi connectivity index (χ0v) is 21.1. The summed E-state index contributed by atoms with van der Waals surface area (Å²) in [4.78, 5) is 13.1. The minimum Gasteiger partial charge on any atom is -0.346 e. The topological polar surface area (TPSA) is 75.3 Å². The van der Waals surface area contributed by atoms with Crippen molar-refractivity contribution in [1.82, 2.24) is 5.32 Å². The summed E-state index contributed by atoms with van der Waals surface area (Å²) in [7, 11) is -3.86. The summed E-state index contributed by atoms with van der Waals surface area (Å²) in [5.41, 5.74) is 7.83. The van der Waals surface area contributed by atoms with Gasteiger partial charge in [-0.25, -0.2) is 8.42 Å². The quantitative estimate of drug-likeness (QED) is 0.482. The molecule has 1 amide bonds. The van der Waals surface area contributed by atoms with Gasteiger partial charge in [-0.15, -0.1) is 0 Å². The van der Waals surface area contributed by atoms with E-state index < -0.39 is 10.0 Å². The van der Waals surface area contributed by atoms with E-state index in [2.05, 4.69) is 29.1 Å². The molecule has 0 saturated heterocycles. The molecule has 174 valence electrons. The molecule has 3 aromatic rings. The summed E-state index contributed by atoms with van der Waals surface area (Å²) in [6.45, 7) is 13.6. The van der Waals surface area contributed by atoms with Gasteiger partial charge in [0.15, 0.2) is 0 Å². The van der Waals surface area contributed by atoms with Gasteiger partial charge in [-0.1, -0.05) is 24.3 Å². The molecule has 33 heavy (non-hydrogen) atoms. The molecule has 5 nitrogen and oxygen atoms in total. The van der Waals surface area contributed by atoms with E-state index in [1.807, 2.05) is 40.7 Å². The Kier molecular flexibility index (Phi) is 6.98. The van der Waals surface area contributed by atoms with Crippen LogP contribution in [0, 0.1) is 41.5 Å². The smallest absolute Gasteiger partial charge is 0.262 e. The second kappa shape index (κ2) is 9.40. The van der Waals surface area contributed by atoms with Gasteiger partial charge < -0.3 is 5.32 Å². The Morgan fingerprint density at radius 2 is 1.36 bits per heavy atom. The fourth-order valence-electron chi connectivity index (χ4n) is 4.08. The lowest BCUT2D eigenvalue weighted by Crippen LogP contribution is -2.27. The minimum absolute atomic E-state index is 0.0873. The summed E-state index contributed by atoms with van der Waals surface area (Å²) >= 11 is 0. The first-order valence-corrected chi connectivity index (χ1v) is 12.5. The van der Waals surface area contributed by atoms with Crippen LogP contribution in [-0.2, 0) is 10.0 Å². The zero-order valence-electron chi connectivity index (χ0n) is 20.3. The van der Waals surface area contributed by atoms with Crippen LogP contribution >= 0.6 is 0 Å². The van der Waals surface area contributed by atoms with E-state index in [9.17, 15) is 13.2 Å². The van der Waals surface area contributed by atoms with E-state index in [4.69, 9.17) is 0 Å². The Labute approximate surface area is 197 Å². The lowest BCUT2D eigenvalue weighted by atomic mass is 9.96. The second-order valence-electron chi connectivity index (χ2n) is 8.95. The van der Waals surface area contributed by atoms with E-state index in [-0.39, 0.29) is 16.8 Å². The first-order valence-electron chi connectivity index (χ1n) is 11.0. The molecule has 0 aliphatic carbocycles. The average Bonchev–Trinajstić information content (AvgIpc) is 2.69. The number of anilines is 1. The molecule has 3 aromatic carbocycles. The number of nitrogens with one attached hydrogen (secondary N) is 2. The van der Waals surface area contributed by atoms with E-state index in [1.165, 1.54) is 11.6 Å². The van der Waals surface area contributed by atoms with Crippen LogP contribution in [0.4, 0.5) is 5.69 Å². The van der Waals surface area contributed by atoms with Crippen molar-refractivity contribution in [3.63, 3.8) is 0 Å². The van der Waals surface area contributed by atoms with Crippen LogP contribution in [0.5, 0.6) is 0 Å². The minimum atomic E-state index is -3.86. The normalized spacial score (nSPS) is 12.3. The van der Waals surface area contributed by atoms with Crippen molar-refractivity contribution in [1.29, 1.82) is 0 Å². The third-order valence-electron chi connectivity index (χ3n) is 5.91. The molecular weight excluding hydrogens is 432 g/mol. The highest BCUT2D eigenvalue weighted by atomic mass is 32.2. The molecule has 1 unspecified atom stereocenters. The van der Waals surface area contributed by atoms with Crippen LogP contribution in [0.15, 0.2) is 53.4 Å². The Bertz CT molecular complexity index is 1310. The van der Waals surface area contributed by atoms with Crippen molar-refractivity contribution in [2.75, 3.05) is 4.72 Å². The van der Waals surface area contributed by atoms with E-state index in [0.717, 1.165) is 27.8 Å². The highest BCUT2D eigenvalue weighted by Gasteiger charge is 2.21. The maximum Gasteiger partial charge on any atom is 0.262 e. The predicted molar refractivity (Wildman–Crippen MR) is 134 cm³/mol. The Morgan fingerprint density at radius 3 is 2.00 bits per heavy atom. The molecule has 6 heteroatoms. The van der Waals surface area contributed by atoms with Crippen LogP contribution < -0.4 is 10.0 Å². The third kappa shape index (κ3) is 5.63. The SMILES string of the molecule is Cc1cc(C)cc(NS(=O)(=O)c2cc(C(=O)NC(C)c3cc(C)c(C)cc3C)ccc2C)c1. The van der Waals surface area contributed by atoms with Crippen molar-refractivity contribution in [2.45, 2.75) is 59.4 Å². The number of hydrogen-bond donors (Lipinski definition) is 2.